The van der Waals surface area contributed by atoms with Gasteiger partial charge < -0.3 is 0 Å². The summed E-state index contributed by atoms with van der Waals surface area (Å²) in [6.45, 7) is 0. The van der Waals surface area contributed by atoms with Gasteiger partial charge in [-0.3, -0.25) is 4.79 Å². The van der Waals surface area contributed by atoms with E-state index in [9.17, 15) is 13.6 Å². The zero-order valence-electron chi connectivity index (χ0n) is 8.80. The van der Waals surface area contributed by atoms with Gasteiger partial charge in [-0.1, -0.05) is 6.08 Å². The lowest BCUT2D eigenvalue weighted by atomic mass is 9.93. The minimum atomic E-state index is -0.598. The number of hydrogen-bond acceptors (Lipinski definition) is 1. The van der Waals surface area contributed by atoms with Crippen LogP contribution in [0, 0.1) is 11.6 Å². The van der Waals surface area contributed by atoms with Gasteiger partial charge in [0.05, 0.1) is 0 Å². The topological polar surface area (TPSA) is 17.1 Å². The fraction of sp³-hybridized carbons (Fsp3) is 0.308. The molecular weight excluding hydrogens is 210 g/mol. The number of carbonyl (C=O) groups excluding carboxylic acids is 1. The maximum atomic E-state index is 12.9. The van der Waals surface area contributed by atoms with E-state index in [0.29, 0.717) is 24.0 Å². The number of carbonyl (C=O) groups is 1. The molecule has 1 aromatic rings. The first-order chi connectivity index (χ1) is 7.65. The quantitative estimate of drug-likeness (QED) is 0.751. The van der Waals surface area contributed by atoms with E-state index in [2.05, 4.69) is 0 Å². The fourth-order valence-electron chi connectivity index (χ4n) is 1.92. The molecule has 0 unspecified atom stereocenters. The van der Waals surface area contributed by atoms with Crippen molar-refractivity contribution in [2.45, 2.75) is 25.7 Å². The molecule has 0 bridgehead atoms. The van der Waals surface area contributed by atoms with Crippen LogP contribution in [-0.2, 0) is 11.2 Å². The van der Waals surface area contributed by atoms with Gasteiger partial charge in [0.1, 0.15) is 11.6 Å². The minimum Gasteiger partial charge on any atom is -0.295 e. The smallest absolute Gasteiger partial charge is 0.158 e. The number of benzene rings is 1. The Bertz CT molecular complexity index is 429. The Kier molecular flexibility index (Phi) is 3.13. The Morgan fingerprint density at radius 1 is 1.12 bits per heavy atom. The highest BCUT2D eigenvalue weighted by molar-refractivity contribution is 5.96. The van der Waals surface area contributed by atoms with Gasteiger partial charge in [-0.05, 0) is 36.1 Å². The molecule has 0 spiro atoms. The Balaban J connectivity index is 2.20. The van der Waals surface area contributed by atoms with Crippen molar-refractivity contribution in [2.24, 2.45) is 0 Å². The van der Waals surface area contributed by atoms with Crippen LogP contribution < -0.4 is 0 Å². The monoisotopic (exact) mass is 222 g/mol. The SMILES string of the molecule is O=C1CCCC=C1Cc1cc(F)cc(F)c1. The van der Waals surface area contributed by atoms with E-state index in [0.717, 1.165) is 18.9 Å². The molecule has 1 nitrogen and oxygen atoms in total. The molecule has 3 heteroatoms. The van der Waals surface area contributed by atoms with E-state index in [4.69, 9.17) is 0 Å². The van der Waals surface area contributed by atoms with Crippen molar-refractivity contribution in [2.75, 3.05) is 0 Å². The molecule has 0 aliphatic heterocycles. The van der Waals surface area contributed by atoms with E-state index >= 15 is 0 Å². The summed E-state index contributed by atoms with van der Waals surface area (Å²) in [5.74, 6) is -1.10. The predicted molar refractivity (Wildman–Crippen MR) is 57.0 cm³/mol. The van der Waals surface area contributed by atoms with Crippen molar-refractivity contribution in [1.29, 1.82) is 0 Å². The van der Waals surface area contributed by atoms with Gasteiger partial charge in [0, 0.05) is 18.9 Å². The second kappa shape index (κ2) is 4.56. The third kappa shape index (κ3) is 2.54. The highest BCUT2D eigenvalue weighted by atomic mass is 19.1. The Labute approximate surface area is 92.8 Å². The Morgan fingerprint density at radius 3 is 2.44 bits per heavy atom. The van der Waals surface area contributed by atoms with Gasteiger partial charge in [-0.15, -0.1) is 0 Å². The molecule has 0 N–H and O–H groups in total. The highest BCUT2D eigenvalue weighted by Gasteiger charge is 2.14. The first-order valence-corrected chi connectivity index (χ1v) is 5.32. The number of Topliss-reactive ketones (excluding diaryl/α,β-unsaturated/α-hetero) is 1. The van der Waals surface area contributed by atoms with E-state index in [1.807, 2.05) is 6.08 Å². The summed E-state index contributed by atoms with van der Waals surface area (Å²) >= 11 is 0. The Hall–Kier alpha value is -1.51. The third-order valence-electron chi connectivity index (χ3n) is 2.67. The molecule has 0 saturated heterocycles. The summed E-state index contributed by atoms with van der Waals surface area (Å²) in [5, 5.41) is 0. The Morgan fingerprint density at radius 2 is 1.81 bits per heavy atom. The average Bonchev–Trinajstić information content (AvgIpc) is 2.20. The van der Waals surface area contributed by atoms with Gasteiger partial charge in [0.25, 0.3) is 0 Å². The van der Waals surface area contributed by atoms with Gasteiger partial charge in [-0.2, -0.15) is 0 Å². The second-order valence-electron chi connectivity index (χ2n) is 4.00. The molecule has 0 saturated carbocycles. The lowest BCUT2D eigenvalue weighted by molar-refractivity contribution is -0.116. The molecular formula is C13H12F2O. The van der Waals surface area contributed by atoms with Crippen LogP contribution in [0.3, 0.4) is 0 Å². The lowest BCUT2D eigenvalue weighted by Crippen LogP contribution is -2.09. The molecule has 16 heavy (non-hydrogen) atoms. The van der Waals surface area contributed by atoms with Gasteiger partial charge >= 0.3 is 0 Å². The maximum Gasteiger partial charge on any atom is 0.158 e. The summed E-state index contributed by atoms with van der Waals surface area (Å²) in [5.41, 5.74) is 1.19. The molecule has 0 radical (unpaired) electrons. The highest BCUT2D eigenvalue weighted by Crippen LogP contribution is 2.19. The van der Waals surface area contributed by atoms with Gasteiger partial charge in [0.2, 0.25) is 0 Å². The summed E-state index contributed by atoms with van der Waals surface area (Å²) in [7, 11) is 0. The molecule has 84 valence electrons. The van der Waals surface area contributed by atoms with Crippen molar-refractivity contribution in [3.8, 4) is 0 Å². The van der Waals surface area contributed by atoms with E-state index in [1.54, 1.807) is 0 Å². The average molecular weight is 222 g/mol. The van der Waals surface area contributed by atoms with Crippen LogP contribution in [-0.4, -0.2) is 5.78 Å². The van der Waals surface area contributed by atoms with Gasteiger partial charge in [0.15, 0.2) is 5.78 Å². The summed E-state index contributed by atoms with van der Waals surface area (Å²) in [6, 6.07) is 3.37. The number of allylic oxidation sites excluding steroid dienone is 2. The summed E-state index contributed by atoms with van der Waals surface area (Å²) < 4.78 is 25.9. The van der Waals surface area contributed by atoms with Crippen LogP contribution >= 0.6 is 0 Å². The van der Waals surface area contributed by atoms with E-state index in [1.165, 1.54) is 12.1 Å². The van der Waals surface area contributed by atoms with Crippen LogP contribution in [0.15, 0.2) is 29.8 Å². The molecule has 1 aliphatic rings. The molecule has 0 amide bonds. The van der Waals surface area contributed by atoms with Crippen molar-refractivity contribution in [3.63, 3.8) is 0 Å². The van der Waals surface area contributed by atoms with Crippen LogP contribution in [0.5, 0.6) is 0 Å². The molecule has 0 aromatic heterocycles. The zero-order valence-corrected chi connectivity index (χ0v) is 8.80. The first kappa shape index (κ1) is 11.0. The molecule has 2 rings (SSSR count). The number of halogens is 2. The second-order valence-corrected chi connectivity index (χ2v) is 4.00. The minimum absolute atomic E-state index is 0.0934. The molecule has 1 aromatic carbocycles. The summed E-state index contributed by atoms with van der Waals surface area (Å²) in [6.07, 6.45) is 4.49. The largest absolute Gasteiger partial charge is 0.295 e. The lowest BCUT2D eigenvalue weighted by Gasteiger charge is -2.11. The zero-order chi connectivity index (χ0) is 11.5. The van der Waals surface area contributed by atoms with Crippen molar-refractivity contribution >= 4 is 5.78 Å². The number of rotatable bonds is 2. The van der Waals surface area contributed by atoms with Crippen molar-refractivity contribution in [1.82, 2.24) is 0 Å². The van der Waals surface area contributed by atoms with Crippen LogP contribution in [0.25, 0.3) is 0 Å². The predicted octanol–water partition coefficient (Wildman–Crippen LogP) is 3.19. The standard InChI is InChI=1S/C13H12F2O/c14-11-6-9(7-12(15)8-11)5-10-3-1-2-4-13(10)16/h3,6-8H,1-2,4-5H2. The molecule has 1 aliphatic carbocycles. The molecule has 0 atom stereocenters. The van der Waals surface area contributed by atoms with Crippen molar-refractivity contribution < 1.29 is 13.6 Å². The van der Waals surface area contributed by atoms with Crippen LogP contribution in [0.1, 0.15) is 24.8 Å². The van der Waals surface area contributed by atoms with Gasteiger partial charge in [-0.25, -0.2) is 8.78 Å². The molecule has 0 fully saturated rings. The first-order valence-electron chi connectivity index (χ1n) is 5.32. The van der Waals surface area contributed by atoms with E-state index in [-0.39, 0.29) is 5.78 Å². The maximum absolute atomic E-state index is 12.9. The van der Waals surface area contributed by atoms with Crippen molar-refractivity contribution in [3.05, 3.63) is 47.0 Å². The summed E-state index contributed by atoms with van der Waals surface area (Å²) in [4.78, 5) is 11.5. The normalized spacial score (nSPS) is 16.1. The number of ketones is 1. The number of hydrogen-bond donors (Lipinski definition) is 0. The molecule has 0 heterocycles. The van der Waals surface area contributed by atoms with E-state index < -0.39 is 11.6 Å². The van der Waals surface area contributed by atoms with Crippen LogP contribution in [0.4, 0.5) is 8.78 Å². The van der Waals surface area contributed by atoms with Crippen LogP contribution in [0.2, 0.25) is 0 Å². The third-order valence-corrected chi connectivity index (χ3v) is 2.67. The fourth-order valence-corrected chi connectivity index (χ4v) is 1.92.